The monoisotopic (exact) mass is 236 g/mol. The fourth-order valence-electron chi connectivity index (χ4n) is 3.81. The van der Waals surface area contributed by atoms with Crippen LogP contribution in [-0.2, 0) is 9.53 Å². The van der Waals surface area contributed by atoms with Crippen LogP contribution in [0.1, 0.15) is 59.8 Å². The molecule has 17 heavy (non-hydrogen) atoms. The molecule has 0 amide bonds. The van der Waals surface area contributed by atoms with Crippen molar-refractivity contribution in [3.63, 3.8) is 0 Å². The number of fused-ring (bicyclic) bond motifs is 1. The van der Waals surface area contributed by atoms with Crippen molar-refractivity contribution < 1.29 is 9.53 Å². The Labute approximate surface area is 104 Å². The summed E-state index contributed by atoms with van der Waals surface area (Å²) < 4.78 is 5.52. The van der Waals surface area contributed by atoms with Gasteiger partial charge in [-0.15, -0.1) is 0 Å². The summed E-state index contributed by atoms with van der Waals surface area (Å²) in [5.41, 5.74) is 1.87. The maximum Gasteiger partial charge on any atom is 0.302 e. The van der Waals surface area contributed by atoms with Gasteiger partial charge in [0.05, 0.1) is 0 Å². The molecule has 0 saturated heterocycles. The molecule has 1 saturated carbocycles. The number of hydrogen-bond acceptors (Lipinski definition) is 2. The second-order valence-corrected chi connectivity index (χ2v) is 6.43. The van der Waals surface area contributed by atoms with Gasteiger partial charge < -0.3 is 4.74 Å². The van der Waals surface area contributed by atoms with Crippen LogP contribution in [0.4, 0.5) is 0 Å². The summed E-state index contributed by atoms with van der Waals surface area (Å²) in [4.78, 5) is 11.2. The Hall–Kier alpha value is -0.790. The van der Waals surface area contributed by atoms with Gasteiger partial charge in [-0.2, -0.15) is 0 Å². The summed E-state index contributed by atoms with van der Waals surface area (Å²) in [6, 6.07) is 0. The highest BCUT2D eigenvalue weighted by Gasteiger charge is 2.48. The molecule has 0 unspecified atom stereocenters. The number of ether oxygens (including phenoxy) is 1. The van der Waals surface area contributed by atoms with Crippen molar-refractivity contribution in [1.82, 2.24) is 0 Å². The standard InChI is InChI=1S/C15H24O2/c1-11(16)17-13-8-10-15(4)9-6-5-7-12(15)14(13,2)3/h7,13H,5-6,8-10H2,1-4H3/t13-,15-/m1/s1. The van der Waals surface area contributed by atoms with E-state index >= 15 is 0 Å². The SMILES string of the molecule is CC(=O)O[C@@H]1CC[C@@]2(C)CCCC=C2C1(C)C. The summed E-state index contributed by atoms with van der Waals surface area (Å²) in [5, 5.41) is 0. The van der Waals surface area contributed by atoms with Gasteiger partial charge in [0.25, 0.3) is 0 Å². The molecule has 2 atom stereocenters. The lowest BCUT2D eigenvalue weighted by atomic mass is 9.56. The Bertz CT molecular complexity index is 354. The molecular formula is C15H24O2. The van der Waals surface area contributed by atoms with E-state index in [1.165, 1.54) is 31.8 Å². The van der Waals surface area contributed by atoms with E-state index < -0.39 is 0 Å². The van der Waals surface area contributed by atoms with Crippen LogP contribution < -0.4 is 0 Å². The molecule has 0 aliphatic heterocycles. The van der Waals surface area contributed by atoms with Crippen LogP contribution in [0.25, 0.3) is 0 Å². The molecule has 2 nitrogen and oxygen atoms in total. The molecule has 2 aliphatic rings. The van der Waals surface area contributed by atoms with Gasteiger partial charge in [-0.05, 0) is 37.5 Å². The minimum Gasteiger partial charge on any atom is -0.462 e. The Balaban J connectivity index is 2.29. The summed E-state index contributed by atoms with van der Waals surface area (Å²) in [6.07, 6.45) is 8.38. The van der Waals surface area contributed by atoms with Gasteiger partial charge in [-0.1, -0.05) is 32.4 Å². The zero-order valence-electron chi connectivity index (χ0n) is 11.5. The average Bonchev–Trinajstić information content (AvgIpc) is 2.22. The van der Waals surface area contributed by atoms with Crippen LogP contribution in [0, 0.1) is 10.8 Å². The molecular weight excluding hydrogens is 212 g/mol. The van der Waals surface area contributed by atoms with Crippen molar-refractivity contribution >= 4 is 5.97 Å². The second kappa shape index (κ2) is 4.15. The molecule has 0 aromatic rings. The van der Waals surface area contributed by atoms with Gasteiger partial charge in [0.1, 0.15) is 6.10 Å². The number of allylic oxidation sites excluding steroid dienone is 1. The highest BCUT2D eigenvalue weighted by Crippen LogP contribution is 2.55. The first-order valence-electron chi connectivity index (χ1n) is 6.74. The fraction of sp³-hybridized carbons (Fsp3) is 0.800. The smallest absolute Gasteiger partial charge is 0.302 e. The third-order valence-electron chi connectivity index (χ3n) is 4.70. The Kier molecular flexibility index (Phi) is 3.09. The first kappa shape index (κ1) is 12.7. The van der Waals surface area contributed by atoms with Crippen molar-refractivity contribution in [2.45, 2.75) is 65.9 Å². The molecule has 0 bridgehead atoms. The predicted octanol–water partition coefficient (Wildman–Crippen LogP) is 3.85. The average molecular weight is 236 g/mol. The van der Waals surface area contributed by atoms with Crippen LogP contribution in [0.15, 0.2) is 11.6 Å². The van der Waals surface area contributed by atoms with Gasteiger partial charge in [0.2, 0.25) is 0 Å². The molecule has 1 fully saturated rings. The number of esters is 1. The van der Waals surface area contributed by atoms with E-state index in [0.717, 1.165) is 12.8 Å². The van der Waals surface area contributed by atoms with Crippen LogP contribution in [-0.4, -0.2) is 12.1 Å². The molecule has 2 heteroatoms. The summed E-state index contributed by atoms with van der Waals surface area (Å²) in [6.45, 7) is 8.35. The van der Waals surface area contributed by atoms with Gasteiger partial charge in [0, 0.05) is 12.3 Å². The Morgan fingerprint density at radius 1 is 1.35 bits per heavy atom. The Morgan fingerprint density at radius 3 is 2.71 bits per heavy atom. The maximum atomic E-state index is 11.2. The number of carbonyl (C=O) groups is 1. The molecule has 0 N–H and O–H groups in total. The van der Waals surface area contributed by atoms with Crippen LogP contribution in [0.2, 0.25) is 0 Å². The largest absolute Gasteiger partial charge is 0.462 e. The Morgan fingerprint density at radius 2 is 2.06 bits per heavy atom. The maximum absolute atomic E-state index is 11.2. The van der Waals surface area contributed by atoms with Crippen molar-refractivity contribution in [2.75, 3.05) is 0 Å². The zero-order valence-corrected chi connectivity index (χ0v) is 11.5. The topological polar surface area (TPSA) is 26.3 Å². The highest BCUT2D eigenvalue weighted by atomic mass is 16.5. The van der Waals surface area contributed by atoms with E-state index in [9.17, 15) is 4.79 Å². The molecule has 2 aliphatic carbocycles. The minimum atomic E-state index is -0.150. The highest BCUT2D eigenvalue weighted by molar-refractivity contribution is 5.66. The predicted molar refractivity (Wildman–Crippen MR) is 68.6 cm³/mol. The van der Waals surface area contributed by atoms with Crippen molar-refractivity contribution in [3.8, 4) is 0 Å². The zero-order chi connectivity index (χ0) is 12.7. The van der Waals surface area contributed by atoms with E-state index in [2.05, 4.69) is 26.8 Å². The van der Waals surface area contributed by atoms with E-state index in [1.807, 2.05) is 0 Å². The van der Waals surface area contributed by atoms with E-state index in [1.54, 1.807) is 0 Å². The third kappa shape index (κ3) is 2.14. The first-order valence-corrected chi connectivity index (χ1v) is 6.74. The lowest BCUT2D eigenvalue weighted by Gasteiger charge is -2.51. The molecule has 0 radical (unpaired) electrons. The molecule has 0 aromatic carbocycles. The fourth-order valence-corrected chi connectivity index (χ4v) is 3.81. The van der Waals surface area contributed by atoms with E-state index in [-0.39, 0.29) is 17.5 Å². The van der Waals surface area contributed by atoms with Gasteiger partial charge in [0.15, 0.2) is 0 Å². The summed E-state index contributed by atoms with van der Waals surface area (Å²) in [7, 11) is 0. The lowest BCUT2D eigenvalue weighted by molar-refractivity contribution is -0.154. The molecule has 0 heterocycles. The summed E-state index contributed by atoms with van der Waals surface area (Å²) in [5.74, 6) is -0.150. The van der Waals surface area contributed by atoms with Crippen LogP contribution in [0.3, 0.4) is 0 Å². The molecule has 0 aromatic heterocycles. The lowest BCUT2D eigenvalue weighted by Crippen LogP contribution is -2.46. The molecule has 0 spiro atoms. The van der Waals surface area contributed by atoms with E-state index in [0.29, 0.717) is 5.41 Å². The quantitative estimate of drug-likeness (QED) is 0.510. The number of hydrogen-bond donors (Lipinski definition) is 0. The van der Waals surface area contributed by atoms with Crippen molar-refractivity contribution in [1.29, 1.82) is 0 Å². The van der Waals surface area contributed by atoms with Crippen molar-refractivity contribution in [3.05, 3.63) is 11.6 Å². The second-order valence-electron chi connectivity index (χ2n) is 6.43. The van der Waals surface area contributed by atoms with Crippen LogP contribution >= 0.6 is 0 Å². The molecule has 2 rings (SSSR count). The van der Waals surface area contributed by atoms with Crippen molar-refractivity contribution in [2.24, 2.45) is 10.8 Å². The van der Waals surface area contributed by atoms with E-state index in [4.69, 9.17) is 4.74 Å². The van der Waals surface area contributed by atoms with Crippen LogP contribution in [0.5, 0.6) is 0 Å². The third-order valence-corrected chi connectivity index (χ3v) is 4.70. The van der Waals surface area contributed by atoms with Gasteiger partial charge >= 0.3 is 5.97 Å². The van der Waals surface area contributed by atoms with Gasteiger partial charge in [-0.3, -0.25) is 4.79 Å². The molecule has 96 valence electrons. The normalized spacial score (nSPS) is 35.8. The first-order chi connectivity index (χ1) is 7.86. The summed E-state index contributed by atoms with van der Waals surface area (Å²) >= 11 is 0. The number of carbonyl (C=O) groups excluding carboxylic acids is 1. The number of rotatable bonds is 1. The van der Waals surface area contributed by atoms with Gasteiger partial charge in [-0.25, -0.2) is 0 Å². The minimum absolute atomic E-state index is 0.000903.